The van der Waals surface area contributed by atoms with Crippen LogP contribution in [0.25, 0.3) is 0 Å². The van der Waals surface area contributed by atoms with Crippen LogP contribution in [0.1, 0.15) is 34.1 Å². The van der Waals surface area contributed by atoms with Crippen molar-refractivity contribution in [1.82, 2.24) is 4.90 Å². The third kappa shape index (κ3) is 4.11. The SMILES string of the molecule is CCOC(=O)[C@@H](N)CSCCCN1C(=O)c2ccccc2C1=O. The van der Waals surface area contributed by atoms with Gasteiger partial charge in [0.1, 0.15) is 6.04 Å². The van der Waals surface area contributed by atoms with Crippen molar-refractivity contribution in [2.24, 2.45) is 5.73 Å². The number of imide groups is 1. The van der Waals surface area contributed by atoms with Crippen LogP contribution in [0.3, 0.4) is 0 Å². The molecule has 1 aromatic rings. The van der Waals surface area contributed by atoms with E-state index in [2.05, 4.69) is 0 Å². The molecule has 23 heavy (non-hydrogen) atoms. The average Bonchev–Trinajstić information content (AvgIpc) is 2.79. The fraction of sp³-hybridized carbons (Fsp3) is 0.438. The quantitative estimate of drug-likeness (QED) is 0.437. The van der Waals surface area contributed by atoms with E-state index in [1.54, 1.807) is 31.2 Å². The highest BCUT2D eigenvalue weighted by atomic mass is 32.2. The number of rotatable bonds is 8. The van der Waals surface area contributed by atoms with Gasteiger partial charge in [-0.25, -0.2) is 0 Å². The number of esters is 1. The minimum atomic E-state index is -0.640. The summed E-state index contributed by atoms with van der Waals surface area (Å²) >= 11 is 1.51. The number of nitrogens with zero attached hydrogens (tertiary/aromatic N) is 1. The first-order valence-electron chi connectivity index (χ1n) is 7.51. The van der Waals surface area contributed by atoms with Crippen LogP contribution in [0.4, 0.5) is 0 Å². The van der Waals surface area contributed by atoms with E-state index in [4.69, 9.17) is 10.5 Å². The van der Waals surface area contributed by atoms with Crippen molar-refractivity contribution < 1.29 is 19.1 Å². The Labute approximate surface area is 139 Å². The third-order valence-electron chi connectivity index (χ3n) is 3.44. The lowest BCUT2D eigenvalue weighted by molar-refractivity contribution is -0.144. The second-order valence-electron chi connectivity index (χ2n) is 5.09. The average molecular weight is 336 g/mol. The maximum Gasteiger partial charge on any atom is 0.323 e. The zero-order chi connectivity index (χ0) is 16.8. The molecule has 0 fully saturated rings. The zero-order valence-corrected chi connectivity index (χ0v) is 13.8. The molecular weight excluding hydrogens is 316 g/mol. The zero-order valence-electron chi connectivity index (χ0n) is 13.0. The Kier molecular flexibility index (Phi) is 6.18. The van der Waals surface area contributed by atoms with Gasteiger partial charge >= 0.3 is 5.97 Å². The Morgan fingerprint density at radius 2 is 1.87 bits per heavy atom. The van der Waals surface area contributed by atoms with Gasteiger partial charge in [0.05, 0.1) is 17.7 Å². The molecule has 0 bridgehead atoms. The van der Waals surface area contributed by atoms with Gasteiger partial charge in [-0.3, -0.25) is 19.3 Å². The van der Waals surface area contributed by atoms with Gasteiger partial charge in [0, 0.05) is 12.3 Å². The van der Waals surface area contributed by atoms with E-state index in [0.717, 1.165) is 0 Å². The van der Waals surface area contributed by atoms with Gasteiger partial charge in [0.15, 0.2) is 0 Å². The van der Waals surface area contributed by atoms with E-state index in [9.17, 15) is 14.4 Å². The molecule has 0 saturated carbocycles. The molecule has 0 aliphatic carbocycles. The molecule has 0 radical (unpaired) electrons. The van der Waals surface area contributed by atoms with E-state index >= 15 is 0 Å². The third-order valence-corrected chi connectivity index (χ3v) is 4.61. The molecule has 2 amide bonds. The predicted molar refractivity (Wildman–Crippen MR) is 88.4 cm³/mol. The van der Waals surface area contributed by atoms with Gasteiger partial charge in [-0.2, -0.15) is 11.8 Å². The summed E-state index contributed by atoms with van der Waals surface area (Å²) in [6.45, 7) is 2.42. The minimum absolute atomic E-state index is 0.237. The summed E-state index contributed by atoms with van der Waals surface area (Å²) in [5.41, 5.74) is 6.63. The molecule has 1 aromatic carbocycles. The molecular formula is C16H20N2O4S. The number of amides is 2. The van der Waals surface area contributed by atoms with Crippen LogP contribution in [-0.4, -0.2) is 53.4 Å². The summed E-state index contributed by atoms with van der Waals surface area (Å²) in [6, 6.07) is 6.20. The maximum absolute atomic E-state index is 12.2. The largest absolute Gasteiger partial charge is 0.465 e. The first kappa shape index (κ1) is 17.5. The van der Waals surface area contributed by atoms with E-state index in [0.29, 0.717) is 42.2 Å². The molecule has 7 heteroatoms. The number of fused-ring (bicyclic) bond motifs is 1. The Morgan fingerprint density at radius 3 is 2.43 bits per heavy atom. The van der Waals surface area contributed by atoms with Gasteiger partial charge < -0.3 is 10.5 Å². The van der Waals surface area contributed by atoms with Crippen molar-refractivity contribution >= 4 is 29.5 Å². The highest BCUT2D eigenvalue weighted by molar-refractivity contribution is 7.99. The van der Waals surface area contributed by atoms with Crippen molar-refractivity contribution in [1.29, 1.82) is 0 Å². The molecule has 0 unspecified atom stereocenters. The summed E-state index contributed by atoms with van der Waals surface area (Å²) in [6.07, 6.45) is 0.658. The van der Waals surface area contributed by atoms with Crippen molar-refractivity contribution in [3.05, 3.63) is 35.4 Å². The van der Waals surface area contributed by atoms with E-state index in [1.165, 1.54) is 16.7 Å². The number of carbonyl (C=O) groups excluding carboxylic acids is 3. The van der Waals surface area contributed by atoms with Crippen LogP contribution in [-0.2, 0) is 9.53 Å². The molecule has 1 aliphatic heterocycles. The molecule has 0 aromatic heterocycles. The lowest BCUT2D eigenvalue weighted by Crippen LogP contribution is -2.35. The van der Waals surface area contributed by atoms with Gasteiger partial charge in [0.2, 0.25) is 0 Å². The number of ether oxygens (including phenoxy) is 1. The second-order valence-corrected chi connectivity index (χ2v) is 6.24. The van der Waals surface area contributed by atoms with Gasteiger partial charge in [0.25, 0.3) is 11.8 Å². The van der Waals surface area contributed by atoms with Crippen LogP contribution in [0, 0.1) is 0 Å². The molecule has 0 saturated heterocycles. The second kappa shape index (κ2) is 8.12. The standard InChI is InChI=1S/C16H20N2O4S/c1-2-22-16(21)13(17)10-23-9-5-8-18-14(19)11-6-3-4-7-12(11)15(18)20/h3-4,6-7,13H,2,5,8-10,17H2,1H3/t13-/m0/s1. The van der Waals surface area contributed by atoms with Gasteiger partial charge in [-0.15, -0.1) is 0 Å². The van der Waals surface area contributed by atoms with Gasteiger partial charge in [-0.05, 0) is 31.2 Å². The number of hydrogen-bond donors (Lipinski definition) is 1. The number of benzene rings is 1. The summed E-state index contributed by atoms with van der Waals surface area (Å²) in [7, 11) is 0. The lowest BCUT2D eigenvalue weighted by Gasteiger charge is -2.14. The van der Waals surface area contributed by atoms with Gasteiger partial charge in [-0.1, -0.05) is 12.1 Å². The van der Waals surface area contributed by atoms with Crippen molar-refractivity contribution in [2.45, 2.75) is 19.4 Å². The summed E-state index contributed by atoms with van der Waals surface area (Å²) in [4.78, 5) is 37.0. The molecule has 124 valence electrons. The van der Waals surface area contributed by atoms with Crippen LogP contribution < -0.4 is 5.73 Å². The molecule has 2 rings (SSSR count). The Bertz CT molecular complexity index is 570. The molecule has 2 N–H and O–H groups in total. The number of thioether (sulfide) groups is 1. The van der Waals surface area contributed by atoms with Crippen molar-refractivity contribution in [3.8, 4) is 0 Å². The van der Waals surface area contributed by atoms with Crippen LogP contribution in [0.5, 0.6) is 0 Å². The van der Waals surface area contributed by atoms with Crippen LogP contribution >= 0.6 is 11.8 Å². The number of carbonyl (C=O) groups is 3. The lowest BCUT2D eigenvalue weighted by atomic mass is 10.1. The summed E-state index contributed by atoms with van der Waals surface area (Å²) in [5.74, 6) is 0.291. The topological polar surface area (TPSA) is 89.7 Å². The summed E-state index contributed by atoms with van der Waals surface area (Å²) in [5, 5.41) is 0. The summed E-state index contributed by atoms with van der Waals surface area (Å²) < 4.78 is 4.83. The van der Waals surface area contributed by atoms with E-state index in [1.807, 2.05) is 0 Å². The van der Waals surface area contributed by atoms with E-state index < -0.39 is 12.0 Å². The highest BCUT2D eigenvalue weighted by Gasteiger charge is 2.34. The van der Waals surface area contributed by atoms with E-state index in [-0.39, 0.29) is 11.8 Å². The fourth-order valence-electron chi connectivity index (χ4n) is 2.29. The van der Waals surface area contributed by atoms with Crippen LogP contribution in [0.15, 0.2) is 24.3 Å². The molecule has 1 atom stereocenters. The Balaban J connectivity index is 1.73. The van der Waals surface area contributed by atoms with Crippen molar-refractivity contribution in [2.75, 3.05) is 24.7 Å². The maximum atomic E-state index is 12.2. The fourth-order valence-corrected chi connectivity index (χ4v) is 3.18. The normalized spacial score (nSPS) is 14.8. The molecule has 0 spiro atoms. The number of hydrogen-bond acceptors (Lipinski definition) is 6. The molecule has 1 heterocycles. The first-order valence-corrected chi connectivity index (χ1v) is 8.67. The first-order chi connectivity index (χ1) is 11.1. The van der Waals surface area contributed by atoms with Crippen LogP contribution in [0.2, 0.25) is 0 Å². The smallest absolute Gasteiger partial charge is 0.323 e. The monoisotopic (exact) mass is 336 g/mol. The Hall–Kier alpha value is -1.86. The highest BCUT2D eigenvalue weighted by Crippen LogP contribution is 2.22. The molecule has 1 aliphatic rings. The Morgan fingerprint density at radius 1 is 1.26 bits per heavy atom. The predicted octanol–water partition coefficient (Wildman–Crippen LogP) is 1.30. The number of nitrogens with two attached hydrogens (primary N) is 1. The minimum Gasteiger partial charge on any atom is -0.465 e. The van der Waals surface area contributed by atoms with Crippen molar-refractivity contribution in [3.63, 3.8) is 0 Å². The molecule has 6 nitrogen and oxygen atoms in total.